The van der Waals surface area contributed by atoms with Gasteiger partial charge in [-0.15, -0.1) is 0 Å². The van der Waals surface area contributed by atoms with E-state index in [1.54, 1.807) is 18.3 Å². The normalized spacial score (nSPS) is 10.5. The van der Waals surface area contributed by atoms with Gasteiger partial charge in [-0.05, 0) is 49.2 Å². The molecule has 0 radical (unpaired) electrons. The zero-order chi connectivity index (χ0) is 18.4. The van der Waals surface area contributed by atoms with Gasteiger partial charge in [-0.3, -0.25) is 14.6 Å². The maximum atomic E-state index is 12.2. The lowest BCUT2D eigenvalue weighted by Gasteiger charge is -2.10. The Balaban J connectivity index is 1.51. The van der Waals surface area contributed by atoms with Crippen LogP contribution in [0.25, 0.3) is 10.9 Å². The molecule has 1 aromatic heterocycles. The maximum Gasteiger partial charge on any atom is 0.251 e. The van der Waals surface area contributed by atoms with Gasteiger partial charge in [-0.2, -0.15) is 0 Å². The SMILES string of the molecule is Cc1ccc(NC(=O)CCCNC(=O)c2ccccc2)c2cccnc12. The van der Waals surface area contributed by atoms with Crippen molar-refractivity contribution in [2.75, 3.05) is 11.9 Å². The molecule has 1 heterocycles. The van der Waals surface area contributed by atoms with E-state index in [0.29, 0.717) is 24.9 Å². The monoisotopic (exact) mass is 347 g/mol. The number of benzene rings is 2. The molecule has 0 unspecified atom stereocenters. The third kappa shape index (κ3) is 4.25. The number of hydrogen-bond acceptors (Lipinski definition) is 3. The number of nitrogens with one attached hydrogen (secondary N) is 2. The highest BCUT2D eigenvalue weighted by atomic mass is 16.2. The van der Waals surface area contributed by atoms with Gasteiger partial charge in [0.05, 0.1) is 11.2 Å². The molecule has 2 N–H and O–H groups in total. The number of pyridine rings is 1. The second-order valence-electron chi connectivity index (χ2n) is 6.10. The molecule has 2 aromatic carbocycles. The van der Waals surface area contributed by atoms with Crippen molar-refractivity contribution in [2.24, 2.45) is 0 Å². The van der Waals surface area contributed by atoms with Crippen LogP contribution in [0.4, 0.5) is 5.69 Å². The minimum atomic E-state index is -0.124. The van der Waals surface area contributed by atoms with Gasteiger partial charge >= 0.3 is 0 Å². The lowest BCUT2D eigenvalue weighted by atomic mass is 10.1. The molecule has 5 nitrogen and oxygen atoms in total. The molecule has 0 bridgehead atoms. The summed E-state index contributed by atoms with van der Waals surface area (Å²) >= 11 is 0. The number of hydrogen-bond donors (Lipinski definition) is 2. The molecule has 0 aliphatic carbocycles. The number of aromatic nitrogens is 1. The molecule has 0 spiro atoms. The number of aryl methyl sites for hydroxylation is 1. The largest absolute Gasteiger partial charge is 0.352 e. The molecule has 0 saturated heterocycles. The molecular formula is C21H21N3O2. The highest BCUT2D eigenvalue weighted by Crippen LogP contribution is 2.24. The first kappa shape index (κ1) is 17.6. The summed E-state index contributed by atoms with van der Waals surface area (Å²) in [4.78, 5) is 28.5. The van der Waals surface area contributed by atoms with Crippen molar-refractivity contribution in [3.8, 4) is 0 Å². The van der Waals surface area contributed by atoms with Gasteiger partial charge in [0.1, 0.15) is 0 Å². The fourth-order valence-corrected chi connectivity index (χ4v) is 2.78. The third-order valence-electron chi connectivity index (χ3n) is 4.15. The number of anilines is 1. The van der Waals surface area contributed by atoms with Gasteiger partial charge in [-0.1, -0.05) is 24.3 Å². The molecule has 2 amide bonds. The van der Waals surface area contributed by atoms with Crippen LogP contribution in [0.15, 0.2) is 60.8 Å². The lowest BCUT2D eigenvalue weighted by molar-refractivity contribution is -0.116. The van der Waals surface area contributed by atoms with Crippen molar-refractivity contribution in [2.45, 2.75) is 19.8 Å². The van der Waals surface area contributed by atoms with Crippen molar-refractivity contribution in [3.05, 3.63) is 71.9 Å². The molecule has 3 aromatic rings. The Morgan fingerprint density at radius 1 is 1.00 bits per heavy atom. The third-order valence-corrected chi connectivity index (χ3v) is 4.15. The summed E-state index contributed by atoms with van der Waals surface area (Å²) in [6, 6.07) is 16.7. The first-order valence-electron chi connectivity index (χ1n) is 8.62. The Morgan fingerprint density at radius 2 is 1.81 bits per heavy atom. The smallest absolute Gasteiger partial charge is 0.251 e. The fourth-order valence-electron chi connectivity index (χ4n) is 2.78. The number of carbonyl (C=O) groups is 2. The minimum Gasteiger partial charge on any atom is -0.352 e. The number of carbonyl (C=O) groups excluding carboxylic acids is 2. The van der Waals surface area contributed by atoms with E-state index in [2.05, 4.69) is 15.6 Å². The minimum absolute atomic E-state index is 0.0760. The van der Waals surface area contributed by atoms with E-state index in [0.717, 1.165) is 22.2 Å². The van der Waals surface area contributed by atoms with E-state index in [1.165, 1.54) is 0 Å². The quantitative estimate of drug-likeness (QED) is 0.668. The topological polar surface area (TPSA) is 71.1 Å². The van der Waals surface area contributed by atoms with Crippen LogP contribution in [-0.2, 0) is 4.79 Å². The van der Waals surface area contributed by atoms with Gasteiger partial charge in [-0.25, -0.2) is 0 Å². The summed E-state index contributed by atoms with van der Waals surface area (Å²) in [7, 11) is 0. The molecule has 0 saturated carbocycles. The predicted octanol–water partition coefficient (Wildman–Crippen LogP) is 3.69. The molecule has 3 rings (SSSR count). The van der Waals surface area contributed by atoms with E-state index in [4.69, 9.17) is 0 Å². The Labute approximate surface area is 152 Å². The Kier molecular flexibility index (Phi) is 5.59. The van der Waals surface area contributed by atoms with Crippen molar-refractivity contribution >= 4 is 28.4 Å². The molecule has 0 fully saturated rings. The number of nitrogens with zero attached hydrogens (tertiary/aromatic N) is 1. The number of rotatable bonds is 6. The second kappa shape index (κ2) is 8.25. The van der Waals surface area contributed by atoms with Crippen molar-refractivity contribution in [1.29, 1.82) is 0 Å². The number of fused-ring (bicyclic) bond motifs is 1. The van der Waals surface area contributed by atoms with Gasteiger partial charge in [0, 0.05) is 30.1 Å². The molecule has 0 aliphatic rings. The Bertz CT molecular complexity index is 923. The summed E-state index contributed by atoms with van der Waals surface area (Å²) in [5, 5.41) is 6.70. The summed E-state index contributed by atoms with van der Waals surface area (Å²) in [5.41, 5.74) is 3.34. The summed E-state index contributed by atoms with van der Waals surface area (Å²) < 4.78 is 0. The molecule has 5 heteroatoms. The van der Waals surface area contributed by atoms with E-state index in [9.17, 15) is 9.59 Å². The predicted molar refractivity (Wildman–Crippen MR) is 103 cm³/mol. The van der Waals surface area contributed by atoms with Gasteiger partial charge in [0.15, 0.2) is 0 Å². The number of amides is 2. The van der Waals surface area contributed by atoms with E-state index in [-0.39, 0.29) is 11.8 Å². The highest BCUT2D eigenvalue weighted by Gasteiger charge is 2.09. The fraction of sp³-hybridized carbons (Fsp3) is 0.190. The average molecular weight is 347 g/mol. The molecule has 26 heavy (non-hydrogen) atoms. The van der Waals surface area contributed by atoms with E-state index >= 15 is 0 Å². The average Bonchev–Trinajstić information content (AvgIpc) is 2.68. The zero-order valence-electron chi connectivity index (χ0n) is 14.7. The summed E-state index contributed by atoms with van der Waals surface area (Å²) in [6.45, 7) is 2.45. The van der Waals surface area contributed by atoms with Crippen LogP contribution in [0.2, 0.25) is 0 Å². The Hall–Kier alpha value is -3.21. The molecular weight excluding hydrogens is 326 g/mol. The first-order valence-corrected chi connectivity index (χ1v) is 8.62. The van der Waals surface area contributed by atoms with Crippen molar-refractivity contribution < 1.29 is 9.59 Å². The van der Waals surface area contributed by atoms with Gasteiger partial charge in [0.25, 0.3) is 5.91 Å². The standard InChI is InChI=1S/C21H21N3O2/c1-15-11-12-18(17-9-5-13-22-20(15)17)24-19(25)10-6-14-23-21(26)16-7-3-2-4-8-16/h2-5,7-9,11-13H,6,10,14H2,1H3,(H,23,26)(H,24,25). The van der Waals surface area contributed by atoms with Crippen LogP contribution in [0, 0.1) is 6.92 Å². The zero-order valence-corrected chi connectivity index (χ0v) is 14.7. The van der Waals surface area contributed by atoms with E-state index < -0.39 is 0 Å². The summed E-state index contributed by atoms with van der Waals surface area (Å²) in [5.74, 6) is -0.199. The van der Waals surface area contributed by atoms with Crippen LogP contribution in [-0.4, -0.2) is 23.3 Å². The first-order chi connectivity index (χ1) is 12.6. The highest BCUT2D eigenvalue weighted by molar-refractivity contribution is 6.01. The van der Waals surface area contributed by atoms with Crippen molar-refractivity contribution in [1.82, 2.24) is 10.3 Å². The van der Waals surface area contributed by atoms with Crippen LogP contribution in [0.3, 0.4) is 0 Å². The molecule has 0 aliphatic heterocycles. The maximum absolute atomic E-state index is 12.2. The second-order valence-corrected chi connectivity index (χ2v) is 6.10. The summed E-state index contributed by atoms with van der Waals surface area (Å²) in [6.07, 6.45) is 2.66. The van der Waals surface area contributed by atoms with Gasteiger partial charge < -0.3 is 10.6 Å². The molecule has 132 valence electrons. The van der Waals surface area contributed by atoms with Crippen LogP contribution < -0.4 is 10.6 Å². The van der Waals surface area contributed by atoms with Gasteiger partial charge in [0.2, 0.25) is 5.91 Å². The molecule has 0 atom stereocenters. The Morgan fingerprint density at radius 3 is 2.62 bits per heavy atom. The lowest BCUT2D eigenvalue weighted by Crippen LogP contribution is -2.25. The van der Waals surface area contributed by atoms with Crippen LogP contribution in [0.5, 0.6) is 0 Å². The van der Waals surface area contributed by atoms with Crippen LogP contribution in [0.1, 0.15) is 28.8 Å². The van der Waals surface area contributed by atoms with E-state index in [1.807, 2.05) is 49.4 Å². The van der Waals surface area contributed by atoms with Crippen LogP contribution >= 0.6 is 0 Å². The van der Waals surface area contributed by atoms with Crippen molar-refractivity contribution in [3.63, 3.8) is 0 Å².